The maximum Gasteiger partial charge on any atom is 0.472 e. The summed E-state index contributed by atoms with van der Waals surface area (Å²) in [5.74, 6) is -2.14. The molecular formula is C64H124O17P2. The van der Waals surface area contributed by atoms with Gasteiger partial charge in [0.25, 0.3) is 0 Å². The lowest BCUT2D eigenvalue weighted by Gasteiger charge is -2.21. The second-order valence-electron chi connectivity index (χ2n) is 23.2. The second-order valence-corrected chi connectivity index (χ2v) is 26.1. The van der Waals surface area contributed by atoms with E-state index in [-0.39, 0.29) is 25.7 Å². The fourth-order valence-corrected chi connectivity index (χ4v) is 11.2. The van der Waals surface area contributed by atoms with Crippen molar-refractivity contribution in [3.05, 3.63) is 0 Å². The van der Waals surface area contributed by atoms with Crippen molar-refractivity contribution in [3.8, 4) is 0 Å². The number of hydrogen-bond acceptors (Lipinski definition) is 15. The summed E-state index contributed by atoms with van der Waals surface area (Å²) < 4.78 is 67.8. The highest BCUT2D eigenvalue weighted by atomic mass is 31.2. The molecule has 0 rings (SSSR count). The van der Waals surface area contributed by atoms with Crippen LogP contribution in [0.2, 0.25) is 0 Å². The van der Waals surface area contributed by atoms with Crippen LogP contribution in [0.25, 0.3) is 0 Å². The Morgan fingerprint density at radius 2 is 0.482 bits per heavy atom. The van der Waals surface area contributed by atoms with Gasteiger partial charge in [-0.2, -0.15) is 0 Å². The van der Waals surface area contributed by atoms with Gasteiger partial charge in [-0.1, -0.05) is 278 Å². The molecule has 0 spiro atoms. The van der Waals surface area contributed by atoms with E-state index >= 15 is 0 Å². The number of hydrogen-bond donors (Lipinski definition) is 3. The van der Waals surface area contributed by atoms with Crippen LogP contribution in [0.1, 0.15) is 329 Å². The fraction of sp³-hybridized carbons (Fsp3) is 0.938. The molecule has 0 aliphatic heterocycles. The summed E-state index contributed by atoms with van der Waals surface area (Å²) in [5.41, 5.74) is 0. The molecule has 0 aliphatic rings. The first-order valence-electron chi connectivity index (χ1n) is 33.8. The molecule has 0 fully saturated rings. The molecule has 19 heteroatoms. The van der Waals surface area contributed by atoms with Crippen LogP contribution < -0.4 is 0 Å². The zero-order chi connectivity index (χ0) is 61.2. The minimum Gasteiger partial charge on any atom is -0.462 e. The van der Waals surface area contributed by atoms with Crippen LogP contribution >= 0.6 is 15.6 Å². The summed E-state index contributed by atoms with van der Waals surface area (Å²) >= 11 is 0. The van der Waals surface area contributed by atoms with Crippen LogP contribution in [0.4, 0.5) is 0 Å². The third-order valence-electron chi connectivity index (χ3n) is 14.9. The molecule has 83 heavy (non-hydrogen) atoms. The molecule has 0 saturated carbocycles. The van der Waals surface area contributed by atoms with Gasteiger partial charge in [0.1, 0.15) is 19.3 Å². The predicted octanol–water partition coefficient (Wildman–Crippen LogP) is 17.9. The topological polar surface area (TPSA) is 237 Å². The quantitative estimate of drug-likeness (QED) is 0.0222. The normalized spacial score (nSPS) is 14.2. The van der Waals surface area contributed by atoms with E-state index in [0.717, 1.165) is 96.3 Å². The minimum atomic E-state index is -4.94. The largest absolute Gasteiger partial charge is 0.472 e. The van der Waals surface area contributed by atoms with Crippen molar-refractivity contribution in [2.45, 2.75) is 348 Å². The van der Waals surface area contributed by atoms with Crippen LogP contribution in [-0.4, -0.2) is 96.7 Å². The molecule has 0 aliphatic carbocycles. The Bertz CT molecular complexity index is 1600. The van der Waals surface area contributed by atoms with Gasteiger partial charge < -0.3 is 33.8 Å². The van der Waals surface area contributed by atoms with Gasteiger partial charge in [-0.15, -0.1) is 0 Å². The number of carbonyl (C=O) groups is 4. The number of phosphoric acid groups is 2. The van der Waals surface area contributed by atoms with Crippen molar-refractivity contribution in [3.63, 3.8) is 0 Å². The highest BCUT2D eigenvalue weighted by Crippen LogP contribution is 2.45. The molecule has 0 aromatic carbocycles. The number of carbonyl (C=O) groups excluding carboxylic acids is 4. The summed E-state index contributed by atoms with van der Waals surface area (Å²) in [4.78, 5) is 72.0. The highest BCUT2D eigenvalue weighted by molar-refractivity contribution is 7.47. The number of unbranched alkanes of at least 4 members (excludes halogenated alkanes) is 39. The van der Waals surface area contributed by atoms with Gasteiger partial charge in [0.2, 0.25) is 0 Å². The lowest BCUT2D eigenvalue weighted by atomic mass is 10.0. The van der Waals surface area contributed by atoms with Crippen LogP contribution in [-0.2, 0) is 65.4 Å². The van der Waals surface area contributed by atoms with Crippen LogP contribution in [0, 0.1) is 0 Å². The smallest absolute Gasteiger partial charge is 0.462 e. The molecule has 0 aromatic heterocycles. The van der Waals surface area contributed by atoms with E-state index in [4.69, 9.17) is 37.0 Å². The van der Waals surface area contributed by atoms with Crippen LogP contribution in [0.3, 0.4) is 0 Å². The zero-order valence-corrected chi connectivity index (χ0v) is 54.9. The number of phosphoric ester groups is 2. The summed E-state index contributed by atoms with van der Waals surface area (Å²) in [7, 11) is -9.87. The van der Waals surface area contributed by atoms with E-state index in [0.29, 0.717) is 25.7 Å². The Morgan fingerprint density at radius 3 is 0.711 bits per heavy atom. The van der Waals surface area contributed by atoms with Gasteiger partial charge >= 0.3 is 39.5 Å². The van der Waals surface area contributed by atoms with E-state index in [1.54, 1.807) is 0 Å². The second kappa shape index (κ2) is 59.0. The highest BCUT2D eigenvalue weighted by Gasteiger charge is 2.30. The molecule has 0 amide bonds. The molecule has 0 aromatic rings. The Balaban J connectivity index is 5.15. The number of ether oxygens (including phenoxy) is 4. The third-order valence-corrected chi connectivity index (χ3v) is 16.8. The van der Waals surface area contributed by atoms with Gasteiger partial charge in [0.15, 0.2) is 12.2 Å². The van der Waals surface area contributed by atoms with Crippen molar-refractivity contribution < 1.29 is 80.2 Å². The number of esters is 4. The van der Waals surface area contributed by atoms with E-state index in [1.807, 2.05) is 0 Å². The Kier molecular flexibility index (Phi) is 57.7. The lowest BCUT2D eigenvalue weighted by Crippen LogP contribution is -2.30. The molecular weight excluding hydrogens is 1100 g/mol. The van der Waals surface area contributed by atoms with Crippen molar-refractivity contribution in [2.75, 3.05) is 39.6 Å². The molecule has 5 atom stereocenters. The van der Waals surface area contributed by atoms with E-state index < -0.39 is 97.5 Å². The standard InChI is InChI=1S/C64H124O17P2/c1-5-9-13-17-20-23-26-27-28-29-30-33-36-39-43-47-51-64(69)81-60(55-75-62(67)49-45-41-37-34-31-24-21-18-14-10-6-2)57-79-83(72,73)77-53-58(65)52-76-82(70,71)78-56-59(54-74-61(66)48-44-40-16-12-8-4)80-63(68)50-46-42-38-35-32-25-22-19-15-11-7-3/h58-60,65H,5-57H2,1-4H3,(H,70,71)(H,72,73)/t58-,59+,60+/m0/s1. The number of aliphatic hydroxyl groups is 1. The first-order valence-corrected chi connectivity index (χ1v) is 36.8. The average Bonchev–Trinajstić information content (AvgIpc) is 3.46. The summed E-state index contributed by atoms with van der Waals surface area (Å²) in [5, 5.41) is 10.5. The molecule has 492 valence electrons. The molecule has 0 saturated heterocycles. The first-order chi connectivity index (χ1) is 40.2. The monoisotopic (exact) mass is 1230 g/mol. The number of aliphatic hydroxyl groups excluding tert-OH is 1. The SMILES string of the molecule is CCCCCCCCCCCCCCCCCCC(=O)O[C@H](COC(=O)CCCCCCCCCCCCC)COP(=O)(O)OC[C@@H](O)COP(=O)(O)OC[C@@H](COC(=O)CCCCCCC)OC(=O)CCCCCCCCCCCCC. The van der Waals surface area contributed by atoms with E-state index in [9.17, 15) is 43.2 Å². The van der Waals surface area contributed by atoms with Crippen molar-refractivity contribution in [1.82, 2.24) is 0 Å². The first kappa shape index (κ1) is 81.1. The van der Waals surface area contributed by atoms with Gasteiger partial charge in [-0.05, 0) is 25.7 Å². The van der Waals surface area contributed by atoms with Gasteiger partial charge in [-0.3, -0.25) is 37.3 Å². The molecule has 17 nitrogen and oxygen atoms in total. The number of rotatable bonds is 65. The third kappa shape index (κ3) is 58.8. The van der Waals surface area contributed by atoms with Crippen LogP contribution in [0.5, 0.6) is 0 Å². The van der Waals surface area contributed by atoms with E-state index in [2.05, 4.69) is 27.7 Å². The molecule has 0 bridgehead atoms. The fourth-order valence-electron chi connectivity index (χ4n) is 9.63. The summed E-state index contributed by atoms with van der Waals surface area (Å²) in [6, 6.07) is 0. The van der Waals surface area contributed by atoms with Gasteiger partial charge in [0, 0.05) is 25.7 Å². The van der Waals surface area contributed by atoms with Crippen molar-refractivity contribution >= 4 is 39.5 Å². The van der Waals surface area contributed by atoms with E-state index in [1.165, 1.54) is 154 Å². The minimum absolute atomic E-state index is 0.106. The lowest BCUT2D eigenvalue weighted by molar-refractivity contribution is -0.161. The molecule has 3 N–H and O–H groups in total. The molecule has 2 unspecified atom stereocenters. The molecule has 0 radical (unpaired) electrons. The summed E-state index contributed by atoms with van der Waals surface area (Å²) in [6.07, 6.45) is 44.7. The zero-order valence-electron chi connectivity index (χ0n) is 53.2. The Morgan fingerprint density at radius 1 is 0.289 bits per heavy atom. The Labute approximate surface area is 505 Å². The van der Waals surface area contributed by atoms with Gasteiger partial charge in [0.05, 0.1) is 26.4 Å². The predicted molar refractivity (Wildman–Crippen MR) is 331 cm³/mol. The average molecular weight is 1230 g/mol. The molecule has 0 heterocycles. The maximum atomic E-state index is 13.0. The maximum absolute atomic E-state index is 13.0. The Hall–Kier alpha value is -1.94. The van der Waals surface area contributed by atoms with Crippen LogP contribution in [0.15, 0.2) is 0 Å². The van der Waals surface area contributed by atoms with Gasteiger partial charge in [-0.25, -0.2) is 9.13 Å². The van der Waals surface area contributed by atoms with Crippen molar-refractivity contribution in [2.24, 2.45) is 0 Å². The van der Waals surface area contributed by atoms with Crippen molar-refractivity contribution in [1.29, 1.82) is 0 Å². The summed E-state index contributed by atoms with van der Waals surface area (Å²) in [6.45, 7) is 4.81.